The van der Waals surface area contributed by atoms with Gasteiger partial charge in [0.1, 0.15) is 5.82 Å². The summed E-state index contributed by atoms with van der Waals surface area (Å²) in [5.41, 5.74) is 5.94. The zero-order valence-electron chi connectivity index (χ0n) is 22.1. The monoisotopic (exact) mass is 545 g/mol. The largest absolute Gasteiger partial charge is 0.340 e. The average molecular weight is 546 g/mol. The van der Waals surface area contributed by atoms with Crippen molar-refractivity contribution < 1.29 is 9.18 Å². The number of aliphatic imine (C=N–C) groups is 1. The van der Waals surface area contributed by atoms with E-state index in [4.69, 9.17) is 4.99 Å². The number of nitrogens with zero attached hydrogens (tertiary/aromatic N) is 3. The van der Waals surface area contributed by atoms with Crippen LogP contribution < -0.4 is 0 Å². The molecule has 1 fully saturated rings. The normalized spacial score (nSPS) is 15.6. The fourth-order valence-corrected chi connectivity index (χ4v) is 6.09. The van der Waals surface area contributed by atoms with Crippen LogP contribution in [-0.2, 0) is 17.8 Å². The molecule has 5 aromatic rings. The molecule has 40 heavy (non-hydrogen) atoms. The molecule has 4 aromatic carbocycles. The Morgan fingerprint density at radius 1 is 0.850 bits per heavy atom. The van der Waals surface area contributed by atoms with Crippen molar-refractivity contribution in [2.75, 3.05) is 6.54 Å². The van der Waals surface area contributed by atoms with Gasteiger partial charge in [-0.05, 0) is 72.6 Å². The van der Waals surface area contributed by atoms with Crippen molar-refractivity contribution in [3.8, 4) is 0 Å². The van der Waals surface area contributed by atoms with E-state index in [2.05, 4.69) is 35.8 Å². The summed E-state index contributed by atoms with van der Waals surface area (Å²) in [5, 5.41) is 1.74. The first-order valence-electron chi connectivity index (χ1n) is 13.3. The van der Waals surface area contributed by atoms with Crippen LogP contribution in [0.1, 0.15) is 22.4 Å². The Balaban J connectivity index is 1.38. The number of rotatable bonds is 7. The minimum Gasteiger partial charge on any atom is -0.340 e. The van der Waals surface area contributed by atoms with Gasteiger partial charge in [-0.3, -0.25) is 9.69 Å². The SMILES string of the molecule is Cc1c(/C=C2/SC(=Nc3ccccc3)N(CCc3ccccc3)C2=O)c2ccccc2n1Cc1cccc(F)c1. The van der Waals surface area contributed by atoms with E-state index in [9.17, 15) is 9.18 Å². The zero-order valence-corrected chi connectivity index (χ0v) is 22.9. The first kappa shape index (κ1) is 25.8. The summed E-state index contributed by atoms with van der Waals surface area (Å²) in [4.78, 5) is 21.1. The molecule has 1 aliphatic rings. The predicted octanol–water partition coefficient (Wildman–Crippen LogP) is 7.98. The van der Waals surface area contributed by atoms with Gasteiger partial charge in [-0.1, -0.05) is 78.9 Å². The summed E-state index contributed by atoms with van der Waals surface area (Å²) in [6.45, 7) is 3.14. The summed E-state index contributed by atoms with van der Waals surface area (Å²) in [6.07, 6.45) is 2.73. The Morgan fingerprint density at radius 3 is 2.33 bits per heavy atom. The molecule has 6 rings (SSSR count). The summed E-state index contributed by atoms with van der Waals surface area (Å²) >= 11 is 1.41. The van der Waals surface area contributed by atoms with E-state index in [-0.39, 0.29) is 11.7 Å². The van der Waals surface area contributed by atoms with E-state index >= 15 is 0 Å². The fourth-order valence-electron chi connectivity index (χ4n) is 5.08. The van der Waals surface area contributed by atoms with Crippen molar-refractivity contribution in [2.45, 2.75) is 19.9 Å². The van der Waals surface area contributed by atoms with Crippen molar-refractivity contribution in [3.63, 3.8) is 0 Å². The minimum atomic E-state index is -0.247. The number of hydrogen-bond acceptors (Lipinski definition) is 3. The molecule has 0 saturated carbocycles. The number of amidine groups is 1. The van der Waals surface area contributed by atoms with E-state index in [0.717, 1.165) is 39.8 Å². The van der Waals surface area contributed by atoms with E-state index in [1.165, 1.54) is 23.4 Å². The number of carbonyl (C=O) groups excluding carboxylic acids is 1. The third-order valence-corrected chi connectivity index (χ3v) is 8.13. The Kier molecular flexibility index (Phi) is 7.34. The molecule has 4 nitrogen and oxygen atoms in total. The van der Waals surface area contributed by atoms with Crippen molar-refractivity contribution in [2.24, 2.45) is 4.99 Å². The van der Waals surface area contributed by atoms with Crippen LogP contribution in [0.15, 0.2) is 119 Å². The molecule has 0 spiro atoms. The van der Waals surface area contributed by atoms with E-state index < -0.39 is 0 Å². The lowest BCUT2D eigenvalue weighted by atomic mass is 10.1. The van der Waals surface area contributed by atoms with Gasteiger partial charge in [0.05, 0.1) is 10.6 Å². The highest BCUT2D eigenvalue weighted by Crippen LogP contribution is 2.37. The highest BCUT2D eigenvalue weighted by molar-refractivity contribution is 8.18. The molecule has 2 heterocycles. The molecular formula is C34H28FN3OS. The second-order valence-electron chi connectivity index (χ2n) is 9.77. The molecular weight excluding hydrogens is 517 g/mol. The van der Waals surface area contributed by atoms with Gasteiger partial charge in [-0.2, -0.15) is 0 Å². The van der Waals surface area contributed by atoms with E-state index in [1.807, 2.05) is 72.8 Å². The van der Waals surface area contributed by atoms with Crippen molar-refractivity contribution >= 4 is 45.5 Å². The highest BCUT2D eigenvalue weighted by atomic mass is 32.2. The lowest BCUT2D eigenvalue weighted by Crippen LogP contribution is -2.31. The second kappa shape index (κ2) is 11.4. The van der Waals surface area contributed by atoms with Crippen LogP contribution in [0.25, 0.3) is 17.0 Å². The first-order chi connectivity index (χ1) is 19.6. The summed E-state index contributed by atoms with van der Waals surface area (Å²) in [6, 6.07) is 34.8. The Labute approximate surface area is 237 Å². The first-order valence-corrected chi connectivity index (χ1v) is 14.1. The quantitative estimate of drug-likeness (QED) is 0.194. The Hall–Kier alpha value is -4.42. The van der Waals surface area contributed by atoms with E-state index in [0.29, 0.717) is 23.2 Å². The maximum absolute atomic E-state index is 13.9. The van der Waals surface area contributed by atoms with Crippen LogP contribution in [0.2, 0.25) is 0 Å². The maximum atomic E-state index is 13.9. The van der Waals surface area contributed by atoms with Gasteiger partial charge in [0.25, 0.3) is 5.91 Å². The minimum absolute atomic E-state index is 0.0445. The smallest absolute Gasteiger partial charge is 0.266 e. The number of carbonyl (C=O) groups is 1. The fraction of sp³-hybridized carbons (Fsp3) is 0.118. The number of halogens is 1. The van der Waals surface area contributed by atoms with Crippen molar-refractivity contribution in [3.05, 3.63) is 142 Å². The van der Waals surface area contributed by atoms with Gasteiger partial charge in [-0.25, -0.2) is 9.38 Å². The number of amides is 1. The predicted molar refractivity (Wildman–Crippen MR) is 163 cm³/mol. The molecule has 1 aliphatic heterocycles. The third-order valence-electron chi connectivity index (χ3n) is 7.12. The molecule has 0 radical (unpaired) electrons. The summed E-state index contributed by atoms with van der Waals surface area (Å²) in [7, 11) is 0. The Bertz CT molecular complexity index is 1740. The van der Waals surface area contributed by atoms with Gasteiger partial charge >= 0.3 is 0 Å². The number of benzene rings is 4. The molecule has 0 N–H and O–H groups in total. The van der Waals surface area contributed by atoms with Gasteiger partial charge in [-0.15, -0.1) is 0 Å². The van der Waals surface area contributed by atoms with E-state index in [1.54, 1.807) is 17.0 Å². The number of thioether (sulfide) groups is 1. The van der Waals surface area contributed by atoms with Crippen LogP contribution in [-0.4, -0.2) is 27.1 Å². The van der Waals surface area contributed by atoms with Crippen LogP contribution in [0.4, 0.5) is 10.1 Å². The molecule has 6 heteroatoms. The third kappa shape index (κ3) is 5.36. The lowest BCUT2D eigenvalue weighted by molar-refractivity contribution is -0.122. The molecule has 1 amide bonds. The maximum Gasteiger partial charge on any atom is 0.266 e. The summed E-state index contributed by atoms with van der Waals surface area (Å²) < 4.78 is 16.1. The molecule has 1 aromatic heterocycles. The van der Waals surface area contributed by atoms with Crippen LogP contribution in [0.3, 0.4) is 0 Å². The molecule has 0 atom stereocenters. The van der Waals surface area contributed by atoms with Crippen LogP contribution >= 0.6 is 11.8 Å². The average Bonchev–Trinajstić information content (AvgIpc) is 3.41. The summed E-state index contributed by atoms with van der Waals surface area (Å²) in [5.74, 6) is -0.292. The number of aromatic nitrogens is 1. The highest BCUT2D eigenvalue weighted by Gasteiger charge is 2.33. The topological polar surface area (TPSA) is 37.6 Å². The van der Waals surface area contributed by atoms with Crippen LogP contribution in [0.5, 0.6) is 0 Å². The molecule has 1 saturated heterocycles. The standard InChI is InChI=1S/C34H28FN3OS/c1-24-30(29-17-8-9-18-31(29)38(24)23-26-13-10-14-27(35)21-26)22-32-33(39)37(20-19-25-11-4-2-5-12-25)34(40-32)36-28-15-6-3-7-16-28/h2-18,21-22H,19-20,23H2,1H3/b32-22+,36-34?. The van der Waals surface area contributed by atoms with Crippen molar-refractivity contribution in [1.29, 1.82) is 0 Å². The van der Waals surface area contributed by atoms with Gasteiger partial charge < -0.3 is 4.57 Å². The van der Waals surface area contributed by atoms with Crippen molar-refractivity contribution in [1.82, 2.24) is 9.47 Å². The number of fused-ring (bicyclic) bond motifs is 1. The molecule has 0 bridgehead atoms. The molecule has 198 valence electrons. The molecule has 0 aliphatic carbocycles. The van der Waals surface area contributed by atoms with Gasteiger partial charge in [0.2, 0.25) is 0 Å². The zero-order chi connectivity index (χ0) is 27.5. The Morgan fingerprint density at radius 2 is 1.55 bits per heavy atom. The molecule has 0 unspecified atom stereocenters. The number of para-hydroxylation sites is 2. The van der Waals surface area contributed by atoms with Crippen LogP contribution in [0, 0.1) is 12.7 Å². The van der Waals surface area contributed by atoms with Gasteiger partial charge in [0.15, 0.2) is 5.17 Å². The lowest BCUT2D eigenvalue weighted by Gasteiger charge is -2.15. The van der Waals surface area contributed by atoms with Gasteiger partial charge in [0, 0.05) is 35.2 Å². The number of hydrogen-bond donors (Lipinski definition) is 0. The second-order valence-corrected chi connectivity index (χ2v) is 10.8.